The number of hydrogen-bond acceptors (Lipinski definition) is 3. The van der Waals surface area contributed by atoms with E-state index in [1.807, 2.05) is 12.1 Å². The minimum atomic E-state index is -1.25. The van der Waals surface area contributed by atoms with E-state index in [1.54, 1.807) is 48.5 Å². The van der Waals surface area contributed by atoms with E-state index in [0.29, 0.717) is 11.1 Å². The zero-order valence-corrected chi connectivity index (χ0v) is 9.85. The van der Waals surface area contributed by atoms with Crippen molar-refractivity contribution >= 4 is 0 Å². The fourth-order valence-corrected chi connectivity index (χ4v) is 1.87. The molecular formula is C15H16O3. The van der Waals surface area contributed by atoms with Crippen LogP contribution in [0.5, 0.6) is 0 Å². The number of rotatable bonds is 4. The average Bonchev–Trinajstić information content (AvgIpc) is 2.47. The van der Waals surface area contributed by atoms with Crippen LogP contribution in [0.15, 0.2) is 60.7 Å². The molecule has 3 nitrogen and oxygen atoms in total. The summed E-state index contributed by atoms with van der Waals surface area (Å²) in [6.07, 6.45) is -3.47. The molecule has 0 fully saturated rings. The first-order chi connectivity index (χ1) is 8.70. The Hall–Kier alpha value is -1.68. The third kappa shape index (κ3) is 2.76. The topological polar surface area (TPSA) is 60.7 Å². The van der Waals surface area contributed by atoms with E-state index in [-0.39, 0.29) is 0 Å². The molecule has 0 spiro atoms. The van der Waals surface area contributed by atoms with Gasteiger partial charge in [0.25, 0.3) is 0 Å². The molecule has 0 amide bonds. The van der Waals surface area contributed by atoms with Crippen molar-refractivity contribution in [3.8, 4) is 0 Å². The maximum Gasteiger partial charge on any atom is 0.114 e. The van der Waals surface area contributed by atoms with Crippen LogP contribution in [0.3, 0.4) is 0 Å². The Morgan fingerprint density at radius 1 is 0.556 bits per heavy atom. The van der Waals surface area contributed by atoms with Gasteiger partial charge in [0.15, 0.2) is 0 Å². The molecule has 0 aliphatic rings. The van der Waals surface area contributed by atoms with Crippen molar-refractivity contribution < 1.29 is 15.3 Å². The van der Waals surface area contributed by atoms with Crippen LogP contribution in [0.2, 0.25) is 0 Å². The lowest BCUT2D eigenvalue weighted by atomic mass is 9.96. The molecule has 2 aromatic rings. The molecular weight excluding hydrogens is 228 g/mol. The highest BCUT2D eigenvalue weighted by molar-refractivity contribution is 5.22. The molecule has 94 valence electrons. The Labute approximate surface area is 106 Å². The zero-order valence-electron chi connectivity index (χ0n) is 9.85. The van der Waals surface area contributed by atoms with Crippen LogP contribution in [-0.2, 0) is 0 Å². The Bertz CT molecular complexity index is 424. The zero-order chi connectivity index (χ0) is 13.0. The summed E-state index contributed by atoms with van der Waals surface area (Å²) < 4.78 is 0. The summed E-state index contributed by atoms with van der Waals surface area (Å²) in [5, 5.41) is 30.0. The fourth-order valence-electron chi connectivity index (χ4n) is 1.87. The lowest BCUT2D eigenvalue weighted by Crippen LogP contribution is -2.26. The van der Waals surface area contributed by atoms with E-state index < -0.39 is 18.3 Å². The van der Waals surface area contributed by atoms with Crippen molar-refractivity contribution in [1.29, 1.82) is 0 Å². The van der Waals surface area contributed by atoms with Gasteiger partial charge in [-0.3, -0.25) is 0 Å². The van der Waals surface area contributed by atoms with Crippen LogP contribution in [0.4, 0.5) is 0 Å². The highest BCUT2D eigenvalue weighted by atomic mass is 16.4. The van der Waals surface area contributed by atoms with Gasteiger partial charge in [0.2, 0.25) is 0 Å². The highest BCUT2D eigenvalue weighted by Gasteiger charge is 2.26. The largest absolute Gasteiger partial charge is 0.387 e. The molecule has 0 aromatic heterocycles. The summed E-state index contributed by atoms with van der Waals surface area (Å²) >= 11 is 0. The Balaban J connectivity index is 2.14. The van der Waals surface area contributed by atoms with Gasteiger partial charge < -0.3 is 15.3 Å². The van der Waals surface area contributed by atoms with E-state index >= 15 is 0 Å². The van der Waals surface area contributed by atoms with Crippen LogP contribution in [0.25, 0.3) is 0 Å². The summed E-state index contributed by atoms with van der Waals surface area (Å²) in [4.78, 5) is 0. The number of hydrogen-bond donors (Lipinski definition) is 3. The maximum absolute atomic E-state index is 10.0. The molecule has 18 heavy (non-hydrogen) atoms. The number of aliphatic hydroxyl groups is 3. The first-order valence-electron chi connectivity index (χ1n) is 5.84. The van der Waals surface area contributed by atoms with Crippen LogP contribution in [0, 0.1) is 0 Å². The molecule has 0 bridgehead atoms. The van der Waals surface area contributed by atoms with Crippen LogP contribution < -0.4 is 0 Å². The molecule has 3 heteroatoms. The summed E-state index contributed by atoms with van der Waals surface area (Å²) in [5.41, 5.74) is 1.17. The third-order valence-corrected chi connectivity index (χ3v) is 2.93. The predicted octanol–water partition coefficient (Wildman–Crippen LogP) is 1.81. The summed E-state index contributed by atoms with van der Waals surface area (Å²) in [6, 6.07) is 17.6. The third-order valence-electron chi connectivity index (χ3n) is 2.93. The molecule has 3 N–H and O–H groups in total. The lowest BCUT2D eigenvalue weighted by molar-refractivity contribution is -0.0622. The maximum atomic E-state index is 10.0. The first kappa shape index (κ1) is 12.8. The lowest BCUT2D eigenvalue weighted by Gasteiger charge is -2.23. The highest BCUT2D eigenvalue weighted by Crippen LogP contribution is 2.26. The minimum absolute atomic E-state index is 0.583. The van der Waals surface area contributed by atoms with Crippen LogP contribution in [-0.4, -0.2) is 21.4 Å². The summed E-state index contributed by atoms with van der Waals surface area (Å²) in [6.45, 7) is 0. The molecule has 2 rings (SSSR count). The van der Waals surface area contributed by atoms with Crippen molar-refractivity contribution in [2.24, 2.45) is 0 Å². The quantitative estimate of drug-likeness (QED) is 0.768. The monoisotopic (exact) mass is 244 g/mol. The average molecular weight is 244 g/mol. The molecule has 0 aliphatic carbocycles. The number of aliphatic hydroxyl groups excluding tert-OH is 3. The second kappa shape index (κ2) is 5.78. The van der Waals surface area contributed by atoms with Gasteiger partial charge in [0.05, 0.1) is 0 Å². The Morgan fingerprint density at radius 3 is 1.22 bits per heavy atom. The van der Waals surface area contributed by atoms with Crippen molar-refractivity contribution in [1.82, 2.24) is 0 Å². The molecule has 0 saturated carbocycles. The van der Waals surface area contributed by atoms with E-state index in [9.17, 15) is 15.3 Å². The molecule has 2 aromatic carbocycles. The second-order valence-electron chi connectivity index (χ2n) is 4.20. The van der Waals surface area contributed by atoms with Crippen molar-refractivity contribution in [3.05, 3.63) is 71.8 Å². The van der Waals surface area contributed by atoms with Gasteiger partial charge in [-0.1, -0.05) is 60.7 Å². The molecule has 0 aliphatic heterocycles. The SMILES string of the molecule is OC(c1ccccc1)C(O)C(O)c1ccccc1. The molecule has 0 heterocycles. The van der Waals surface area contributed by atoms with E-state index in [2.05, 4.69) is 0 Å². The van der Waals surface area contributed by atoms with E-state index in [1.165, 1.54) is 0 Å². The van der Waals surface area contributed by atoms with Crippen molar-refractivity contribution in [2.75, 3.05) is 0 Å². The van der Waals surface area contributed by atoms with E-state index in [0.717, 1.165) is 0 Å². The van der Waals surface area contributed by atoms with Crippen LogP contribution >= 0.6 is 0 Å². The normalized spacial score (nSPS) is 15.9. The molecule has 2 atom stereocenters. The second-order valence-corrected chi connectivity index (χ2v) is 4.20. The minimum Gasteiger partial charge on any atom is -0.387 e. The standard InChI is InChI=1S/C15H16O3/c16-13(11-7-3-1-4-8-11)15(18)14(17)12-9-5-2-6-10-12/h1-10,13-18H. The Kier molecular flexibility index (Phi) is 4.10. The number of benzene rings is 2. The smallest absolute Gasteiger partial charge is 0.114 e. The van der Waals surface area contributed by atoms with Crippen LogP contribution in [0.1, 0.15) is 23.3 Å². The summed E-state index contributed by atoms with van der Waals surface area (Å²) in [7, 11) is 0. The van der Waals surface area contributed by atoms with E-state index in [4.69, 9.17) is 0 Å². The van der Waals surface area contributed by atoms with Gasteiger partial charge in [0, 0.05) is 0 Å². The Morgan fingerprint density at radius 2 is 0.889 bits per heavy atom. The summed E-state index contributed by atoms with van der Waals surface area (Å²) in [5.74, 6) is 0. The molecule has 0 radical (unpaired) electrons. The molecule has 2 unspecified atom stereocenters. The van der Waals surface area contributed by atoms with Crippen molar-refractivity contribution in [3.63, 3.8) is 0 Å². The van der Waals surface area contributed by atoms with Gasteiger partial charge >= 0.3 is 0 Å². The van der Waals surface area contributed by atoms with Gasteiger partial charge in [0.1, 0.15) is 18.3 Å². The predicted molar refractivity (Wildman–Crippen MR) is 68.8 cm³/mol. The van der Waals surface area contributed by atoms with Crippen molar-refractivity contribution in [2.45, 2.75) is 18.3 Å². The first-order valence-corrected chi connectivity index (χ1v) is 5.84. The van der Waals surface area contributed by atoms with Gasteiger partial charge in [-0.15, -0.1) is 0 Å². The fraction of sp³-hybridized carbons (Fsp3) is 0.200. The van der Waals surface area contributed by atoms with Gasteiger partial charge in [-0.2, -0.15) is 0 Å². The van der Waals surface area contributed by atoms with Gasteiger partial charge in [-0.05, 0) is 11.1 Å². The van der Waals surface area contributed by atoms with Gasteiger partial charge in [-0.25, -0.2) is 0 Å². The molecule has 0 saturated heterocycles.